The first-order chi connectivity index (χ1) is 15.1. The molecule has 0 bridgehead atoms. The summed E-state index contributed by atoms with van der Waals surface area (Å²) in [6, 6.07) is 21.2. The number of hydrogen-bond acceptors (Lipinski definition) is 3. The first-order valence-corrected chi connectivity index (χ1v) is 10.3. The summed E-state index contributed by atoms with van der Waals surface area (Å²) < 4.78 is 1.68. The Kier molecular flexibility index (Phi) is 4.88. The fraction of sp³-hybridized carbons (Fsp3) is 0.0800. The Morgan fingerprint density at radius 2 is 1.84 bits per heavy atom. The largest absolute Gasteiger partial charge is 0.311 e. The Morgan fingerprint density at radius 1 is 0.968 bits per heavy atom. The van der Waals surface area contributed by atoms with Gasteiger partial charge in [0, 0.05) is 40.1 Å². The van der Waals surface area contributed by atoms with Crippen molar-refractivity contribution in [2.75, 3.05) is 0 Å². The Bertz CT molecular complexity index is 1470. The highest BCUT2D eigenvalue weighted by Crippen LogP contribution is 2.30. The van der Waals surface area contributed by atoms with E-state index in [2.05, 4.69) is 21.2 Å². The van der Waals surface area contributed by atoms with E-state index in [0.717, 1.165) is 44.5 Å². The summed E-state index contributed by atoms with van der Waals surface area (Å²) in [4.78, 5) is 17.0. The van der Waals surface area contributed by atoms with E-state index in [1.807, 2.05) is 67.7 Å². The summed E-state index contributed by atoms with van der Waals surface area (Å²) in [6.45, 7) is 2.44. The van der Waals surface area contributed by atoms with Crippen LogP contribution >= 0.6 is 11.6 Å². The first-order valence-electron chi connectivity index (χ1n) is 9.93. The summed E-state index contributed by atoms with van der Waals surface area (Å²) >= 11 is 6.06. The minimum absolute atomic E-state index is 0.0604. The number of aromatic nitrogens is 4. The van der Waals surface area contributed by atoms with Gasteiger partial charge < -0.3 is 4.57 Å². The molecular weight excluding hydrogens is 408 g/mol. The molecule has 0 radical (unpaired) electrons. The molecule has 152 valence electrons. The lowest BCUT2D eigenvalue weighted by molar-refractivity contribution is 0.760. The SMILES string of the molecule is Cc1cc(-c2n[nH]c3ccc(-c4ccn(Cc5cccc(Cl)c5)c(=O)c4)cc23)ccn1. The minimum atomic E-state index is -0.0604. The molecule has 1 N–H and O–H groups in total. The van der Waals surface area contributed by atoms with Crippen molar-refractivity contribution in [3.8, 4) is 22.4 Å². The Hall–Kier alpha value is -3.70. The number of halogens is 1. The number of hydrogen-bond donors (Lipinski definition) is 1. The van der Waals surface area contributed by atoms with Gasteiger partial charge in [-0.25, -0.2) is 0 Å². The predicted molar refractivity (Wildman–Crippen MR) is 124 cm³/mol. The number of rotatable bonds is 4. The molecule has 0 fully saturated rings. The second kappa shape index (κ2) is 7.85. The van der Waals surface area contributed by atoms with E-state index in [1.165, 1.54) is 0 Å². The van der Waals surface area contributed by atoms with Gasteiger partial charge in [0.05, 0.1) is 12.1 Å². The number of H-pyrrole nitrogens is 1. The molecule has 0 aliphatic heterocycles. The molecule has 3 heterocycles. The maximum absolute atomic E-state index is 12.7. The standard InChI is InChI=1S/C25H19ClN4O/c1-16-11-20(7-9-27-16)25-22-13-18(5-6-23(22)28-29-25)19-8-10-30(24(31)14-19)15-17-3-2-4-21(26)12-17/h2-14H,15H2,1H3,(H,28,29). The van der Waals surface area contributed by atoms with Crippen LogP contribution in [-0.2, 0) is 6.54 Å². The summed E-state index contributed by atoms with van der Waals surface area (Å²) in [5.74, 6) is 0. The van der Waals surface area contributed by atoms with Crippen molar-refractivity contribution in [3.05, 3.63) is 106 Å². The molecule has 0 aliphatic rings. The van der Waals surface area contributed by atoms with E-state index in [1.54, 1.807) is 16.8 Å². The average molecular weight is 427 g/mol. The van der Waals surface area contributed by atoms with Crippen molar-refractivity contribution in [1.82, 2.24) is 19.7 Å². The van der Waals surface area contributed by atoms with Crippen LogP contribution in [0.5, 0.6) is 0 Å². The third-order valence-electron chi connectivity index (χ3n) is 5.30. The highest BCUT2D eigenvalue weighted by Gasteiger charge is 2.11. The fourth-order valence-electron chi connectivity index (χ4n) is 3.76. The van der Waals surface area contributed by atoms with Gasteiger partial charge in [-0.3, -0.25) is 14.9 Å². The number of benzene rings is 2. The van der Waals surface area contributed by atoms with Gasteiger partial charge in [-0.05, 0) is 66.1 Å². The lowest BCUT2D eigenvalue weighted by Gasteiger charge is -2.08. The Balaban J connectivity index is 1.51. The average Bonchev–Trinajstić information content (AvgIpc) is 3.18. The molecule has 0 saturated carbocycles. The van der Waals surface area contributed by atoms with E-state index in [0.29, 0.717) is 11.6 Å². The van der Waals surface area contributed by atoms with Crippen LogP contribution in [0, 0.1) is 6.92 Å². The molecule has 0 saturated heterocycles. The van der Waals surface area contributed by atoms with E-state index in [4.69, 9.17) is 11.6 Å². The zero-order valence-corrected chi connectivity index (χ0v) is 17.6. The molecule has 0 spiro atoms. The summed E-state index contributed by atoms with van der Waals surface area (Å²) in [6.07, 6.45) is 3.61. The van der Waals surface area contributed by atoms with Gasteiger partial charge in [0.15, 0.2) is 0 Å². The Labute approximate surface area is 184 Å². The zero-order chi connectivity index (χ0) is 21.4. The third kappa shape index (κ3) is 3.88. The maximum Gasteiger partial charge on any atom is 0.251 e. The van der Waals surface area contributed by atoms with Crippen molar-refractivity contribution in [1.29, 1.82) is 0 Å². The van der Waals surface area contributed by atoms with Crippen molar-refractivity contribution in [2.24, 2.45) is 0 Å². The fourth-order valence-corrected chi connectivity index (χ4v) is 3.97. The van der Waals surface area contributed by atoms with Crippen molar-refractivity contribution < 1.29 is 0 Å². The normalized spacial score (nSPS) is 11.2. The van der Waals surface area contributed by atoms with Gasteiger partial charge in [-0.1, -0.05) is 29.8 Å². The molecular formula is C25H19ClN4O. The molecule has 2 aromatic carbocycles. The summed E-state index contributed by atoms with van der Waals surface area (Å²) in [5.41, 5.74) is 6.52. The van der Waals surface area contributed by atoms with E-state index >= 15 is 0 Å². The Morgan fingerprint density at radius 3 is 2.65 bits per heavy atom. The second-order valence-electron chi connectivity index (χ2n) is 7.53. The molecule has 0 atom stereocenters. The van der Waals surface area contributed by atoms with Gasteiger partial charge in [-0.15, -0.1) is 0 Å². The van der Waals surface area contributed by atoms with Crippen molar-refractivity contribution in [3.63, 3.8) is 0 Å². The quantitative estimate of drug-likeness (QED) is 0.414. The van der Waals surface area contributed by atoms with Crippen LogP contribution in [0.25, 0.3) is 33.3 Å². The van der Waals surface area contributed by atoms with Gasteiger partial charge in [-0.2, -0.15) is 5.10 Å². The zero-order valence-electron chi connectivity index (χ0n) is 16.8. The highest BCUT2D eigenvalue weighted by atomic mass is 35.5. The monoisotopic (exact) mass is 426 g/mol. The van der Waals surface area contributed by atoms with Crippen LogP contribution < -0.4 is 5.56 Å². The van der Waals surface area contributed by atoms with Gasteiger partial charge >= 0.3 is 0 Å². The topological polar surface area (TPSA) is 63.6 Å². The van der Waals surface area contributed by atoms with Crippen LogP contribution in [0.2, 0.25) is 5.02 Å². The lowest BCUT2D eigenvalue weighted by Crippen LogP contribution is -2.19. The molecule has 5 nitrogen and oxygen atoms in total. The molecule has 5 rings (SSSR count). The summed E-state index contributed by atoms with van der Waals surface area (Å²) in [5, 5.41) is 9.26. The number of aromatic amines is 1. The highest BCUT2D eigenvalue weighted by molar-refractivity contribution is 6.30. The van der Waals surface area contributed by atoms with Crippen molar-refractivity contribution in [2.45, 2.75) is 13.5 Å². The molecule has 0 amide bonds. The molecule has 31 heavy (non-hydrogen) atoms. The summed E-state index contributed by atoms with van der Waals surface area (Å²) in [7, 11) is 0. The number of fused-ring (bicyclic) bond motifs is 1. The second-order valence-corrected chi connectivity index (χ2v) is 7.97. The lowest BCUT2D eigenvalue weighted by atomic mass is 10.0. The number of pyridine rings is 2. The first kappa shape index (κ1) is 19.3. The van der Waals surface area contributed by atoms with Gasteiger partial charge in [0.1, 0.15) is 5.69 Å². The van der Waals surface area contributed by atoms with Crippen LogP contribution in [0.15, 0.2) is 83.9 Å². The van der Waals surface area contributed by atoms with E-state index < -0.39 is 0 Å². The molecule has 0 unspecified atom stereocenters. The minimum Gasteiger partial charge on any atom is -0.311 e. The number of nitrogens with zero attached hydrogens (tertiary/aromatic N) is 3. The molecule has 5 aromatic rings. The van der Waals surface area contributed by atoms with Crippen LogP contribution in [0.4, 0.5) is 0 Å². The molecule has 6 heteroatoms. The van der Waals surface area contributed by atoms with E-state index in [9.17, 15) is 4.79 Å². The van der Waals surface area contributed by atoms with Crippen LogP contribution in [0.3, 0.4) is 0 Å². The molecule has 0 aliphatic carbocycles. The van der Waals surface area contributed by atoms with Gasteiger partial charge in [0.25, 0.3) is 5.56 Å². The number of nitrogens with one attached hydrogen (secondary N) is 1. The van der Waals surface area contributed by atoms with Crippen molar-refractivity contribution >= 4 is 22.5 Å². The van der Waals surface area contributed by atoms with E-state index in [-0.39, 0.29) is 5.56 Å². The predicted octanol–water partition coefficient (Wildman–Crippen LogP) is 5.46. The molecule has 3 aromatic heterocycles. The number of aryl methyl sites for hydroxylation is 1. The van der Waals surface area contributed by atoms with Crippen LogP contribution in [0.1, 0.15) is 11.3 Å². The van der Waals surface area contributed by atoms with Gasteiger partial charge in [0.2, 0.25) is 0 Å². The van der Waals surface area contributed by atoms with Crippen LogP contribution in [-0.4, -0.2) is 19.7 Å². The maximum atomic E-state index is 12.7. The third-order valence-corrected chi connectivity index (χ3v) is 5.54. The smallest absolute Gasteiger partial charge is 0.251 e.